The van der Waals surface area contributed by atoms with Crippen molar-refractivity contribution in [3.63, 3.8) is 0 Å². The van der Waals surface area contributed by atoms with Crippen molar-refractivity contribution in [3.8, 4) is 11.3 Å². The van der Waals surface area contributed by atoms with E-state index in [4.69, 9.17) is 0 Å². The zero-order valence-electron chi connectivity index (χ0n) is 19.2. The summed E-state index contributed by atoms with van der Waals surface area (Å²) in [7, 11) is 0. The Kier molecular flexibility index (Phi) is 7.26. The van der Waals surface area contributed by atoms with E-state index in [0.717, 1.165) is 33.9 Å². The number of anilines is 1. The third kappa shape index (κ3) is 4.95. The van der Waals surface area contributed by atoms with Gasteiger partial charge in [0.05, 0.1) is 6.42 Å². The smallest absolute Gasteiger partial charge is 0.227 e. The highest BCUT2D eigenvalue weighted by Crippen LogP contribution is 2.32. The molecule has 1 fully saturated rings. The second-order valence-electron chi connectivity index (χ2n) is 8.58. The Morgan fingerprint density at radius 3 is 2.37 bits per heavy atom. The van der Waals surface area contributed by atoms with Crippen LogP contribution >= 0.6 is 12.4 Å². The zero-order chi connectivity index (χ0) is 23.7. The first-order valence-corrected chi connectivity index (χ1v) is 11.3. The van der Waals surface area contributed by atoms with Gasteiger partial charge in [0.1, 0.15) is 17.3 Å². The van der Waals surface area contributed by atoms with Gasteiger partial charge in [0, 0.05) is 48.1 Å². The van der Waals surface area contributed by atoms with Crippen molar-refractivity contribution in [2.75, 3.05) is 24.5 Å². The van der Waals surface area contributed by atoms with Crippen molar-refractivity contribution in [1.29, 1.82) is 0 Å². The molecule has 35 heavy (non-hydrogen) atoms. The van der Waals surface area contributed by atoms with Crippen LogP contribution in [0.2, 0.25) is 0 Å². The van der Waals surface area contributed by atoms with Crippen LogP contribution < -0.4 is 4.90 Å². The van der Waals surface area contributed by atoms with Gasteiger partial charge in [-0.15, -0.1) is 22.6 Å². The van der Waals surface area contributed by atoms with Gasteiger partial charge < -0.3 is 9.80 Å². The summed E-state index contributed by atoms with van der Waals surface area (Å²) in [4.78, 5) is 16.8. The molecule has 1 amide bonds. The van der Waals surface area contributed by atoms with Gasteiger partial charge >= 0.3 is 0 Å². The van der Waals surface area contributed by atoms with E-state index in [1.54, 1.807) is 4.90 Å². The summed E-state index contributed by atoms with van der Waals surface area (Å²) in [6, 6.07) is 21.3. The van der Waals surface area contributed by atoms with E-state index in [-0.39, 0.29) is 36.3 Å². The van der Waals surface area contributed by atoms with Crippen LogP contribution in [-0.2, 0) is 11.2 Å². The number of benzene rings is 3. The van der Waals surface area contributed by atoms with Crippen molar-refractivity contribution < 1.29 is 13.6 Å². The molecule has 0 spiro atoms. The number of amides is 1. The van der Waals surface area contributed by atoms with Crippen LogP contribution in [-0.4, -0.2) is 46.7 Å². The predicted molar refractivity (Wildman–Crippen MR) is 136 cm³/mol. The number of piperazine rings is 1. The molecule has 0 bridgehead atoms. The van der Waals surface area contributed by atoms with Gasteiger partial charge in [-0.25, -0.2) is 8.78 Å². The first kappa shape index (κ1) is 24.5. The second kappa shape index (κ2) is 10.4. The van der Waals surface area contributed by atoms with Crippen LogP contribution in [0.15, 0.2) is 72.8 Å². The third-order valence-corrected chi connectivity index (χ3v) is 6.32. The quantitative estimate of drug-likeness (QED) is 0.387. The fourth-order valence-corrected chi connectivity index (χ4v) is 4.58. The molecule has 1 aliphatic heterocycles. The van der Waals surface area contributed by atoms with Gasteiger partial charge in [-0.05, 0) is 18.6 Å². The molecule has 0 radical (unpaired) electrons. The minimum absolute atomic E-state index is 0. The van der Waals surface area contributed by atoms with E-state index in [9.17, 15) is 13.6 Å². The summed E-state index contributed by atoms with van der Waals surface area (Å²) in [5, 5.41) is 11.2. The van der Waals surface area contributed by atoms with Crippen molar-refractivity contribution in [2.45, 2.75) is 19.4 Å². The number of aromatic nitrogens is 2. The topological polar surface area (TPSA) is 49.3 Å². The van der Waals surface area contributed by atoms with Gasteiger partial charge in [0.2, 0.25) is 5.91 Å². The summed E-state index contributed by atoms with van der Waals surface area (Å²) >= 11 is 0. The van der Waals surface area contributed by atoms with E-state index < -0.39 is 11.6 Å². The van der Waals surface area contributed by atoms with Crippen molar-refractivity contribution in [3.05, 3.63) is 90.0 Å². The first-order valence-electron chi connectivity index (χ1n) is 11.3. The Labute approximate surface area is 208 Å². The molecule has 180 valence electrons. The maximum atomic E-state index is 14.0. The van der Waals surface area contributed by atoms with Crippen LogP contribution in [0.3, 0.4) is 0 Å². The van der Waals surface area contributed by atoms with Crippen molar-refractivity contribution in [2.24, 2.45) is 0 Å². The average molecular weight is 495 g/mol. The minimum Gasteiger partial charge on any atom is -0.351 e. The number of fused-ring (bicyclic) bond motifs is 1. The molecule has 5 rings (SSSR count). The lowest BCUT2D eigenvalue weighted by Crippen LogP contribution is -2.54. The maximum absolute atomic E-state index is 14.0. The molecule has 8 heteroatoms. The molecule has 0 aliphatic carbocycles. The summed E-state index contributed by atoms with van der Waals surface area (Å²) in [6.07, 6.45) is -0.0923. The highest BCUT2D eigenvalue weighted by molar-refractivity contribution is 6.00. The number of carbonyl (C=O) groups is 1. The van der Waals surface area contributed by atoms with E-state index in [2.05, 4.69) is 21.2 Å². The Bertz CT molecular complexity index is 1350. The molecule has 2 heterocycles. The second-order valence-corrected chi connectivity index (χ2v) is 8.58. The van der Waals surface area contributed by atoms with Crippen LogP contribution in [0.4, 0.5) is 14.6 Å². The molecule has 4 aromatic rings. The number of halogens is 3. The summed E-state index contributed by atoms with van der Waals surface area (Å²) in [6.45, 7) is 3.63. The Morgan fingerprint density at radius 1 is 0.943 bits per heavy atom. The SMILES string of the molecule is C[C@H]1CN(c2nnc(-c3ccccc3)c3ccccc23)CCN1C(=O)Cc1ccc(F)cc1F.Cl. The van der Waals surface area contributed by atoms with E-state index in [1.165, 1.54) is 12.1 Å². The van der Waals surface area contributed by atoms with Crippen LogP contribution in [0.1, 0.15) is 12.5 Å². The highest BCUT2D eigenvalue weighted by atomic mass is 35.5. The van der Waals surface area contributed by atoms with Crippen molar-refractivity contribution >= 4 is 34.9 Å². The summed E-state index contributed by atoms with van der Waals surface area (Å²) < 4.78 is 27.2. The average Bonchev–Trinajstić information content (AvgIpc) is 2.85. The van der Waals surface area contributed by atoms with Gasteiger partial charge in [-0.2, -0.15) is 0 Å². The van der Waals surface area contributed by atoms with E-state index >= 15 is 0 Å². The fraction of sp³-hybridized carbons (Fsp3) is 0.222. The lowest BCUT2D eigenvalue weighted by atomic mass is 10.0. The Hall–Kier alpha value is -3.58. The Balaban J connectivity index is 0.00000289. The number of nitrogens with zero attached hydrogens (tertiary/aromatic N) is 4. The van der Waals surface area contributed by atoms with E-state index in [0.29, 0.717) is 19.6 Å². The predicted octanol–water partition coefficient (Wildman–Crippen LogP) is 5.28. The van der Waals surface area contributed by atoms with E-state index in [1.807, 2.05) is 55.5 Å². The lowest BCUT2D eigenvalue weighted by molar-refractivity contribution is -0.132. The third-order valence-electron chi connectivity index (χ3n) is 6.32. The lowest BCUT2D eigenvalue weighted by Gasteiger charge is -2.40. The summed E-state index contributed by atoms with van der Waals surface area (Å²) in [5.41, 5.74) is 2.05. The molecule has 0 N–H and O–H groups in total. The van der Waals surface area contributed by atoms with Crippen LogP contribution in [0, 0.1) is 11.6 Å². The first-order chi connectivity index (χ1) is 16.5. The minimum atomic E-state index is -0.695. The molecule has 1 aromatic heterocycles. The van der Waals surface area contributed by atoms with Gasteiger partial charge in [0.25, 0.3) is 0 Å². The summed E-state index contributed by atoms with van der Waals surface area (Å²) in [5.74, 6) is -0.728. The van der Waals surface area contributed by atoms with Crippen LogP contribution in [0.25, 0.3) is 22.0 Å². The molecular formula is C27H25ClF2N4O. The number of rotatable bonds is 4. The molecule has 3 aromatic carbocycles. The highest BCUT2D eigenvalue weighted by Gasteiger charge is 2.29. The van der Waals surface area contributed by atoms with Gasteiger partial charge in [-0.3, -0.25) is 4.79 Å². The van der Waals surface area contributed by atoms with Gasteiger partial charge in [-0.1, -0.05) is 60.7 Å². The normalized spacial score (nSPS) is 15.7. The monoisotopic (exact) mass is 494 g/mol. The zero-order valence-corrected chi connectivity index (χ0v) is 20.0. The largest absolute Gasteiger partial charge is 0.351 e. The maximum Gasteiger partial charge on any atom is 0.227 e. The van der Waals surface area contributed by atoms with Crippen molar-refractivity contribution in [1.82, 2.24) is 15.1 Å². The molecule has 1 atom stereocenters. The number of hydrogen-bond donors (Lipinski definition) is 0. The molecule has 1 aliphatic rings. The number of carbonyl (C=O) groups excluding carboxylic acids is 1. The molecular weight excluding hydrogens is 470 g/mol. The Morgan fingerprint density at radius 2 is 1.66 bits per heavy atom. The number of hydrogen-bond acceptors (Lipinski definition) is 4. The van der Waals surface area contributed by atoms with Gasteiger partial charge in [0.15, 0.2) is 5.82 Å². The molecule has 5 nitrogen and oxygen atoms in total. The fourth-order valence-electron chi connectivity index (χ4n) is 4.58. The van der Waals surface area contributed by atoms with Crippen LogP contribution in [0.5, 0.6) is 0 Å². The molecule has 1 saturated heterocycles. The molecule has 0 unspecified atom stereocenters. The standard InChI is InChI=1S/C27H24F2N4O.ClH/c1-18-17-32(13-14-33(18)25(34)15-20-11-12-21(28)16-24(20)29)27-23-10-6-5-9-22(23)26(30-31-27)19-7-3-2-4-8-19;/h2-12,16,18H,13-15,17H2,1H3;1H/t18-;/m0./s1. The molecule has 0 saturated carbocycles.